The van der Waals surface area contributed by atoms with Crippen molar-refractivity contribution in [1.29, 1.82) is 0 Å². The fraction of sp³-hybridized carbons (Fsp3) is 0.368. The smallest absolute Gasteiger partial charge is 0.349 e. The minimum atomic E-state index is -0.569. The average Bonchev–Trinajstić information content (AvgIpc) is 2.47. The molecule has 0 unspecified atom stereocenters. The Morgan fingerprint density at radius 1 is 1.29 bits per heavy atom. The molecule has 1 fully saturated rings. The Morgan fingerprint density at radius 2 is 2.00 bits per heavy atom. The second-order valence-corrected chi connectivity index (χ2v) is 6.03. The molecule has 1 N–H and O–H groups in total. The summed E-state index contributed by atoms with van der Waals surface area (Å²) in [6.07, 6.45) is 3.24. The third kappa shape index (κ3) is 3.35. The number of carbonyl (C=O) groups excluding carboxylic acids is 1. The van der Waals surface area contributed by atoms with Crippen LogP contribution in [0.3, 0.4) is 0 Å². The molecule has 2 aromatic rings. The van der Waals surface area contributed by atoms with Crippen LogP contribution in [0.1, 0.15) is 53.8 Å². The summed E-state index contributed by atoms with van der Waals surface area (Å²) in [5.74, 6) is 1.29. The number of carbonyl (C=O) groups is 1. The van der Waals surface area contributed by atoms with E-state index < -0.39 is 11.5 Å². The van der Waals surface area contributed by atoms with Crippen molar-refractivity contribution in [2.75, 3.05) is 11.9 Å². The first-order chi connectivity index (χ1) is 11.6. The molecule has 1 saturated carbocycles. The van der Waals surface area contributed by atoms with E-state index in [4.69, 9.17) is 9.15 Å². The summed E-state index contributed by atoms with van der Waals surface area (Å²) in [6.45, 7) is 4.26. The molecule has 1 heterocycles. The van der Waals surface area contributed by atoms with Gasteiger partial charge in [-0.15, -0.1) is 0 Å². The van der Waals surface area contributed by atoms with Crippen LogP contribution in [0.4, 0.5) is 5.69 Å². The molecule has 3 rings (SSSR count). The Balaban J connectivity index is 1.78. The van der Waals surface area contributed by atoms with Crippen LogP contribution in [-0.4, -0.2) is 12.5 Å². The summed E-state index contributed by atoms with van der Waals surface area (Å²) >= 11 is 0. The summed E-state index contributed by atoms with van der Waals surface area (Å²) in [7, 11) is 0. The third-order valence-corrected chi connectivity index (χ3v) is 4.33. The molecule has 0 atom stereocenters. The Labute approximate surface area is 140 Å². The zero-order chi connectivity index (χ0) is 17.1. The van der Waals surface area contributed by atoms with Gasteiger partial charge in [-0.05, 0) is 62.6 Å². The van der Waals surface area contributed by atoms with Crippen LogP contribution in [0.25, 0.3) is 0 Å². The quantitative estimate of drug-likeness (QED) is 0.905. The third-order valence-electron chi connectivity index (χ3n) is 4.33. The zero-order valence-corrected chi connectivity index (χ0v) is 13.9. The van der Waals surface area contributed by atoms with Gasteiger partial charge in [0.05, 0.1) is 6.61 Å². The maximum absolute atomic E-state index is 12.4. The molecule has 0 radical (unpaired) electrons. The van der Waals surface area contributed by atoms with Gasteiger partial charge in [0.15, 0.2) is 0 Å². The standard InChI is InChI=1S/C19H21NO4/c1-3-23-15-9-7-14(8-10-15)20-18(21)17-12(2)11-16(24-19(17)22)13-5-4-6-13/h7-11,13H,3-6H2,1-2H3,(H,20,21). The molecular weight excluding hydrogens is 306 g/mol. The van der Waals surface area contributed by atoms with Gasteiger partial charge in [-0.2, -0.15) is 0 Å². The predicted molar refractivity (Wildman–Crippen MR) is 91.9 cm³/mol. The first-order valence-electron chi connectivity index (χ1n) is 8.27. The molecular formula is C19H21NO4. The maximum Gasteiger partial charge on any atom is 0.349 e. The second-order valence-electron chi connectivity index (χ2n) is 6.03. The van der Waals surface area contributed by atoms with E-state index in [0.29, 0.717) is 29.5 Å². The fourth-order valence-electron chi connectivity index (χ4n) is 2.79. The number of hydrogen-bond donors (Lipinski definition) is 1. The second kappa shape index (κ2) is 6.91. The number of nitrogens with one attached hydrogen (secondary N) is 1. The summed E-state index contributed by atoms with van der Waals surface area (Å²) in [5, 5.41) is 2.73. The van der Waals surface area contributed by atoms with Gasteiger partial charge < -0.3 is 14.5 Å². The van der Waals surface area contributed by atoms with E-state index in [0.717, 1.165) is 25.0 Å². The van der Waals surface area contributed by atoms with E-state index in [1.54, 1.807) is 31.2 Å². The monoisotopic (exact) mass is 327 g/mol. The lowest BCUT2D eigenvalue weighted by Crippen LogP contribution is -2.24. The van der Waals surface area contributed by atoms with E-state index in [1.807, 2.05) is 13.0 Å². The van der Waals surface area contributed by atoms with Crippen LogP contribution >= 0.6 is 0 Å². The van der Waals surface area contributed by atoms with Crippen molar-refractivity contribution in [1.82, 2.24) is 0 Å². The first kappa shape index (κ1) is 16.3. The first-order valence-corrected chi connectivity index (χ1v) is 8.27. The van der Waals surface area contributed by atoms with Gasteiger partial charge in [0.1, 0.15) is 17.1 Å². The Kier molecular flexibility index (Phi) is 4.69. The Morgan fingerprint density at radius 3 is 2.54 bits per heavy atom. The predicted octanol–water partition coefficient (Wildman–Crippen LogP) is 3.87. The van der Waals surface area contributed by atoms with Crippen molar-refractivity contribution in [3.05, 3.63) is 57.6 Å². The molecule has 0 bridgehead atoms. The molecule has 1 aliphatic rings. The molecule has 126 valence electrons. The molecule has 1 aromatic heterocycles. The number of amides is 1. The SMILES string of the molecule is CCOc1ccc(NC(=O)c2c(C)cc(C3CCC3)oc2=O)cc1. The number of hydrogen-bond acceptors (Lipinski definition) is 4. The number of aryl methyl sites for hydroxylation is 1. The van der Waals surface area contributed by atoms with Gasteiger partial charge in [-0.3, -0.25) is 4.79 Å². The highest BCUT2D eigenvalue weighted by Gasteiger charge is 2.25. The molecule has 0 saturated heterocycles. The maximum atomic E-state index is 12.4. The van der Waals surface area contributed by atoms with E-state index >= 15 is 0 Å². The topological polar surface area (TPSA) is 68.5 Å². The largest absolute Gasteiger partial charge is 0.494 e. The van der Waals surface area contributed by atoms with E-state index in [1.165, 1.54) is 0 Å². The minimum Gasteiger partial charge on any atom is -0.494 e. The normalized spacial score (nSPS) is 14.1. The molecule has 0 spiro atoms. The van der Waals surface area contributed by atoms with Crippen LogP contribution in [-0.2, 0) is 0 Å². The lowest BCUT2D eigenvalue weighted by Gasteiger charge is -2.24. The van der Waals surface area contributed by atoms with Gasteiger partial charge in [0.2, 0.25) is 0 Å². The van der Waals surface area contributed by atoms with Crippen molar-refractivity contribution in [3.63, 3.8) is 0 Å². The number of anilines is 1. The van der Waals surface area contributed by atoms with Gasteiger partial charge in [-0.25, -0.2) is 4.79 Å². The van der Waals surface area contributed by atoms with Crippen LogP contribution in [0.5, 0.6) is 5.75 Å². The van der Waals surface area contributed by atoms with Crippen molar-refractivity contribution in [2.24, 2.45) is 0 Å². The van der Waals surface area contributed by atoms with E-state index in [2.05, 4.69) is 5.32 Å². The van der Waals surface area contributed by atoms with Crippen LogP contribution in [0.15, 0.2) is 39.5 Å². The highest BCUT2D eigenvalue weighted by Crippen LogP contribution is 2.36. The molecule has 24 heavy (non-hydrogen) atoms. The average molecular weight is 327 g/mol. The Bertz CT molecular complexity index is 788. The Hall–Kier alpha value is -2.56. The summed E-state index contributed by atoms with van der Waals surface area (Å²) in [4.78, 5) is 24.7. The van der Waals surface area contributed by atoms with Crippen LogP contribution in [0.2, 0.25) is 0 Å². The van der Waals surface area contributed by atoms with E-state index in [9.17, 15) is 9.59 Å². The number of rotatable bonds is 5. The summed E-state index contributed by atoms with van der Waals surface area (Å²) in [5.41, 5.74) is 0.745. The molecule has 1 amide bonds. The number of ether oxygens (including phenoxy) is 1. The summed E-state index contributed by atoms with van der Waals surface area (Å²) < 4.78 is 10.7. The van der Waals surface area contributed by atoms with Crippen molar-refractivity contribution in [3.8, 4) is 5.75 Å². The van der Waals surface area contributed by atoms with Gasteiger partial charge >= 0.3 is 5.63 Å². The van der Waals surface area contributed by atoms with Gasteiger partial charge in [0, 0.05) is 11.6 Å². The highest BCUT2D eigenvalue weighted by molar-refractivity contribution is 6.04. The van der Waals surface area contributed by atoms with Crippen molar-refractivity contribution < 1.29 is 13.9 Å². The fourth-order valence-corrected chi connectivity index (χ4v) is 2.79. The van der Waals surface area contributed by atoms with Crippen molar-refractivity contribution in [2.45, 2.75) is 39.0 Å². The lowest BCUT2D eigenvalue weighted by atomic mass is 9.83. The van der Waals surface area contributed by atoms with Crippen molar-refractivity contribution >= 4 is 11.6 Å². The zero-order valence-electron chi connectivity index (χ0n) is 13.9. The molecule has 1 aromatic carbocycles. The van der Waals surface area contributed by atoms with Gasteiger partial charge in [0.25, 0.3) is 5.91 Å². The minimum absolute atomic E-state index is 0.0620. The molecule has 5 heteroatoms. The van der Waals surface area contributed by atoms with Gasteiger partial charge in [-0.1, -0.05) is 6.42 Å². The molecule has 5 nitrogen and oxygen atoms in total. The molecule has 1 aliphatic carbocycles. The highest BCUT2D eigenvalue weighted by atomic mass is 16.5. The van der Waals surface area contributed by atoms with E-state index in [-0.39, 0.29) is 5.56 Å². The summed E-state index contributed by atoms with van der Waals surface area (Å²) in [6, 6.07) is 8.84. The van der Waals surface area contributed by atoms with Crippen LogP contribution in [0, 0.1) is 6.92 Å². The van der Waals surface area contributed by atoms with Crippen LogP contribution < -0.4 is 15.7 Å². The molecule has 0 aliphatic heterocycles. The lowest BCUT2D eigenvalue weighted by molar-refractivity contribution is 0.102. The number of benzene rings is 1.